The molecular formula is C76H18O7. The number of hydrogen-bond donors (Lipinski definition) is 0. The minimum atomic E-state index is -1.81. The first-order valence-corrected chi connectivity index (χ1v) is 30.0. The maximum Gasteiger partial charge on any atom is 0.338 e. The molecule has 7 heteroatoms. The quantitative estimate of drug-likeness (QED) is 0.0443. The van der Waals surface area contributed by atoms with Crippen molar-refractivity contribution in [1.82, 2.24) is 0 Å². The van der Waals surface area contributed by atoms with E-state index in [0.29, 0.717) is 5.56 Å². The van der Waals surface area contributed by atoms with Crippen LogP contribution in [-0.2, 0) is 39.4 Å². The second kappa shape index (κ2) is 8.40. The van der Waals surface area contributed by atoms with Gasteiger partial charge in [-0.05, 0) is 332 Å². The van der Waals surface area contributed by atoms with Crippen LogP contribution in [-0.4, -0.2) is 50.9 Å². The molecule has 1 saturated carbocycles. The van der Waals surface area contributed by atoms with Crippen molar-refractivity contribution >= 4 is 309 Å². The molecule has 0 atom stereocenters. The highest BCUT2D eigenvalue weighted by Gasteiger charge is 3.01. The number of rotatable bonds is 10. The van der Waals surface area contributed by atoms with Gasteiger partial charge in [0, 0.05) is 0 Å². The Morgan fingerprint density at radius 3 is 0.735 bits per heavy atom. The van der Waals surface area contributed by atoms with E-state index >= 15 is 9.59 Å². The van der Waals surface area contributed by atoms with Crippen LogP contribution >= 0.6 is 0 Å². The van der Waals surface area contributed by atoms with E-state index in [4.69, 9.17) is 18.9 Å². The van der Waals surface area contributed by atoms with Crippen molar-refractivity contribution in [2.45, 2.75) is 17.8 Å². The number of carbonyl (C=O) groups excluding carboxylic acids is 3. The summed E-state index contributed by atoms with van der Waals surface area (Å²) in [6.07, 6.45) is 0. The molecule has 0 amide bonds. The zero-order valence-corrected chi connectivity index (χ0v) is 42.8. The van der Waals surface area contributed by atoms with E-state index in [1.165, 1.54) is 302 Å². The van der Waals surface area contributed by atoms with Gasteiger partial charge in [-0.2, -0.15) is 0 Å². The Labute approximate surface area is 454 Å². The monoisotopic (exact) mass is 1040 g/mol. The average molecular weight is 1040 g/mol. The molecule has 0 heterocycles. The Hall–Kier alpha value is -9.95. The molecule has 0 unspecified atom stereocenters. The Kier molecular flexibility index (Phi) is 3.48. The second-order valence-corrected chi connectivity index (χ2v) is 28.0. The Bertz CT molecular complexity index is 7330. The van der Waals surface area contributed by atoms with Crippen molar-refractivity contribution in [2.24, 2.45) is 5.41 Å². The van der Waals surface area contributed by atoms with Crippen molar-refractivity contribution in [1.29, 1.82) is 0 Å². The van der Waals surface area contributed by atoms with Crippen molar-refractivity contribution in [2.75, 3.05) is 33.0 Å². The fourth-order valence-electron chi connectivity index (χ4n) is 26.8. The molecule has 29 aromatic rings. The van der Waals surface area contributed by atoms with E-state index in [1.54, 1.807) is 22.9 Å². The van der Waals surface area contributed by atoms with Gasteiger partial charge in [0.2, 0.25) is 0 Å². The predicted molar refractivity (Wildman–Crippen MR) is 331 cm³/mol. The average Bonchev–Trinajstić information content (AvgIpc) is 1.36. The van der Waals surface area contributed by atoms with Crippen LogP contribution in [0.4, 0.5) is 0 Å². The highest BCUT2D eigenvalue weighted by atomic mass is 16.6. The van der Waals surface area contributed by atoms with Crippen LogP contribution in [0.2, 0.25) is 0 Å². The molecule has 0 aromatic heterocycles. The van der Waals surface area contributed by atoms with Crippen LogP contribution in [0.1, 0.15) is 39.5 Å². The molecule has 29 aromatic carbocycles. The number of hydrogen-bond acceptors (Lipinski definition) is 7. The SMILES string of the molecule is CCOC(=O)C1(C(=O)OCCOCCOC(=O)c2ccccc2)C23c4c5c6c7c8c9c(c%10c%11c2c2c4c4c%12c5c5c6c6c8c8c%13c9c9c%10c%10c%11c%11c2c2c4c4c%12c%12c5c5c6c8c6c8c%13c9c9c%10c%10c%11c2c2c4c4c%12c5c6c5c8c9c%10c2c45)C713. The number of carbonyl (C=O) groups is 3. The molecule has 0 aliphatic heterocycles. The molecule has 0 radical (unpaired) electrons. The molecule has 83 heavy (non-hydrogen) atoms. The number of benzene rings is 19. The van der Waals surface area contributed by atoms with Crippen molar-refractivity contribution < 1.29 is 33.3 Å². The van der Waals surface area contributed by atoms with Gasteiger partial charge in [-0.1, -0.05) is 18.2 Å². The van der Waals surface area contributed by atoms with Crippen LogP contribution in [0, 0.1) is 5.41 Å². The Morgan fingerprint density at radius 2 is 0.494 bits per heavy atom. The lowest BCUT2D eigenvalue weighted by molar-refractivity contribution is -0.167. The van der Waals surface area contributed by atoms with Gasteiger partial charge in [0.15, 0.2) is 5.41 Å². The normalized spacial score (nSPS) is 22.1. The maximum absolute atomic E-state index is 17.2. The fraction of sp³-hybridized carbons (Fsp3) is 0.118. The van der Waals surface area contributed by atoms with Crippen LogP contribution in [0.25, 0.3) is 291 Å². The van der Waals surface area contributed by atoms with Crippen molar-refractivity contribution in [3.8, 4) is 0 Å². The third-order valence-corrected chi connectivity index (χ3v) is 27.2. The standard InChI is InChI=1S/C76H18O7/c1-2-81-72(78)76(73(79)83-11-9-80-8-10-82-71(77)12-6-4-3-5-7-12)74-67-59-51-41-31-23-15-13-14-17-21-19(15)27-35-29(21)39-33-25(17)26-18(14)22-20-16(13)24(23)32-38-28(20)36-30(22)40-34(26)44-43(33)53-47(39)57-49(35)55(45(51)37(27)31)63(67)65(57)69-61(53)62-54(44)48(40)58-50(36)56-46(38)52(42(32)41)60(59)68(74)64(56)66(58)70(62)75(69,74)76/h3-7H,2,8-11H2,1H3. The van der Waals surface area contributed by atoms with E-state index in [9.17, 15) is 4.79 Å². The van der Waals surface area contributed by atoms with E-state index in [1.807, 2.05) is 25.1 Å². The summed E-state index contributed by atoms with van der Waals surface area (Å²) in [6, 6.07) is 8.97. The van der Waals surface area contributed by atoms with E-state index in [-0.39, 0.29) is 33.0 Å². The van der Waals surface area contributed by atoms with Gasteiger partial charge in [-0.25, -0.2) is 4.79 Å². The molecule has 364 valence electrons. The lowest BCUT2D eigenvalue weighted by atomic mass is 9.68. The highest BCUT2D eigenvalue weighted by molar-refractivity contribution is 6.82. The Balaban J connectivity index is 0.868. The van der Waals surface area contributed by atoms with Crippen molar-refractivity contribution in [3.63, 3.8) is 0 Å². The summed E-state index contributed by atoms with van der Waals surface area (Å²) in [5.41, 5.74) is 1.20. The zero-order chi connectivity index (χ0) is 51.2. The summed E-state index contributed by atoms with van der Waals surface area (Å²) in [6.45, 7) is 2.22. The van der Waals surface area contributed by atoms with Gasteiger partial charge >= 0.3 is 17.9 Å². The molecule has 0 bridgehead atoms. The summed E-state index contributed by atoms with van der Waals surface area (Å²) >= 11 is 0. The van der Waals surface area contributed by atoms with Gasteiger partial charge < -0.3 is 18.9 Å². The second-order valence-electron chi connectivity index (χ2n) is 28.0. The molecule has 0 N–H and O–H groups in total. The summed E-state index contributed by atoms with van der Waals surface area (Å²) in [4.78, 5) is 47.1. The van der Waals surface area contributed by atoms with Crippen LogP contribution in [0.5, 0.6) is 0 Å². The zero-order valence-electron chi connectivity index (χ0n) is 42.8. The third-order valence-electron chi connectivity index (χ3n) is 27.2. The first kappa shape index (κ1) is 34.4. The largest absolute Gasteiger partial charge is 0.465 e. The van der Waals surface area contributed by atoms with Gasteiger partial charge in [0.1, 0.15) is 13.2 Å². The first-order chi connectivity index (χ1) is 41.1. The van der Waals surface area contributed by atoms with Crippen molar-refractivity contribution in [3.05, 3.63) is 58.1 Å². The molecule has 34 rings (SSSR count). The smallest absolute Gasteiger partial charge is 0.338 e. The van der Waals surface area contributed by atoms with Crippen LogP contribution in [0.3, 0.4) is 0 Å². The molecule has 1 fully saturated rings. The minimum Gasteiger partial charge on any atom is -0.465 e. The summed E-state index contributed by atoms with van der Waals surface area (Å²) in [7, 11) is 0. The van der Waals surface area contributed by atoms with Crippen LogP contribution in [0.15, 0.2) is 30.3 Å². The molecular weight excluding hydrogens is 1020 g/mol. The number of ether oxygens (including phenoxy) is 4. The molecule has 5 aliphatic rings. The molecule has 0 saturated heterocycles. The van der Waals surface area contributed by atoms with E-state index in [0.717, 1.165) is 0 Å². The summed E-state index contributed by atoms with van der Waals surface area (Å²) in [5, 5.41) is 78.1. The molecule has 2 spiro atoms. The van der Waals surface area contributed by atoms with Gasteiger partial charge in [-0.3, -0.25) is 9.59 Å². The Morgan fingerprint density at radius 1 is 0.277 bits per heavy atom. The van der Waals surface area contributed by atoms with E-state index < -0.39 is 34.2 Å². The number of esters is 3. The van der Waals surface area contributed by atoms with Gasteiger partial charge in [0.05, 0.1) is 36.2 Å². The summed E-state index contributed by atoms with van der Waals surface area (Å²) in [5.74, 6) is -1.39. The lowest BCUT2D eigenvalue weighted by Gasteiger charge is -2.32. The maximum atomic E-state index is 17.2. The fourth-order valence-corrected chi connectivity index (χ4v) is 26.8. The lowest BCUT2D eigenvalue weighted by Crippen LogP contribution is -2.39. The molecule has 7 nitrogen and oxygen atoms in total. The molecule has 5 aliphatic carbocycles. The topological polar surface area (TPSA) is 88.1 Å². The predicted octanol–water partition coefficient (Wildman–Crippen LogP) is 17.3. The minimum absolute atomic E-state index is 0.0542. The third kappa shape index (κ3) is 2.04. The first-order valence-electron chi connectivity index (χ1n) is 30.0. The van der Waals surface area contributed by atoms with E-state index in [2.05, 4.69) is 0 Å². The van der Waals surface area contributed by atoms with Gasteiger partial charge in [0.25, 0.3) is 0 Å². The summed E-state index contributed by atoms with van der Waals surface area (Å²) < 4.78 is 25.4. The van der Waals surface area contributed by atoms with Crippen LogP contribution < -0.4 is 0 Å². The van der Waals surface area contributed by atoms with Gasteiger partial charge in [-0.15, -0.1) is 0 Å². The highest BCUT2D eigenvalue weighted by Crippen LogP contribution is 2.96.